The molecule has 0 bridgehead atoms. The van der Waals surface area contributed by atoms with Gasteiger partial charge in [-0.25, -0.2) is 0 Å². The van der Waals surface area contributed by atoms with Crippen LogP contribution in [0.3, 0.4) is 0 Å². The molecule has 0 radical (unpaired) electrons. The number of rotatable bonds is 2. The Bertz CT molecular complexity index is 444. The van der Waals surface area contributed by atoms with E-state index < -0.39 is 0 Å². The van der Waals surface area contributed by atoms with Crippen molar-refractivity contribution in [3.05, 3.63) is 32.7 Å². The van der Waals surface area contributed by atoms with E-state index in [-0.39, 0.29) is 18.6 Å². The van der Waals surface area contributed by atoms with Gasteiger partial charge in [0.15, 0.2) is 0 Å². The molecule has 0 aromatic heterocycles. The van der Waals surface area contributed by atoms with E-state index in [2.05, 4.69) is 38.8 Å². The summed E-state index contributed by atoms with van der Waals surface area (Å²) in [6.45, 7) is 2.82. The molecule has 1 N–H and O–H groups in total. The SMILES string of the molecule is CC1CCN(C(=O)c2cc(Br)cc(Br)c2)C1CO. The maximum atomic E-state index is 12.4. The molecule has 5 heteroatoms. The van der Waals surface area contributed by atoms with Gasteiger partial charge in [0.25, 0.3) is 5.91 Å². The summed E-state index contributed by atoms with van der Waals surface area (Å²) >= 11 is 6.77. The Morgan fingerprint density at radius 1 is 1.39 bits per heavy atom. The van der Waals surface area contributed by atoms with Gasteiger partial charge in [0.05, 0.1) is 12.6 Å². The molecule has 1 fully saturated rings. The molecule has 1 heterocycles. The van der Waals surface area contributed by atoms with Crippen LogP contribution in [-0.4, -0.2) is 35.1 Å². The molecule has 0 spiro atoms. The minimum Gasteiger partial charge on any atom is -0.394 e. The lowest BCUT2D eigenvalue weighted by Crippen LogP contribution is -2.39. The molecule has 2 unspecified atom stereocenters. The van der Waals surface area contributed by atoms with Crippen LogP contribution in [0.15, 0.2) is 27.1 Å². The van der Waals surface area contributed by atoms with Crippen molar-refractivity contribution in [2.24, 2.45) is 5.92 Å². The number of amides is 1. The number of benzene rings is 1. The average Bonchev–Trinajstić information content (AvgIpc) is 2.68. The molecule has 1 amide bonds. The second-order valence-electron chi connectivity index (χ2n) is 4.67. The molecule has 3 nitrogen and oxygen atoms in total. The zero-order chi connectivity index (χ0) is 13.3. The summed E-state index contributed by atoms with van der Waals surface area (Å²) in [7, 11) is 0. The molecule has 1 aromatic carbocycles. The molecule has 1 aliphatic rings. The summed E-state index contributed by atoms with van der Waals surface area (Å²) in [6, 6.07) is 5.46. The van der Waals surface area contributed by atoms with Crippen molar-refractivity contribution in [1.82, 2.24) is 4.90 Å². The van der Waals surface area contributed by atoms with Gasteiger partial charge in [0.1, 0.15) is 0 Å². The largest absolute Gasteiger partial charge is 0.394 e. The van der Waals surface area contributed by atoms with Crippen molar-refractivity contribution >= 4 is 37.8 Å². The Morgan fingerprint density at radius 2 is 2.00 bits per heavy atom. The van der Waals surface area contributed by atoms with Crippen LogP contribution in [0, 0.1) is 5.92 Å². The molecular formula is C13H15Br2NO2. The van der Waals surface area contributed by atoms with E-state index >= 15 is 0 Å². The first kappa shape index (κ1) is 14.0. The average molecular weight is 377 g/mol. The molecule has 1 aliphatic heterocycles. The topological polar surface area (TPSA) is 40.5 Å². The van der Waals surface area contributed by atoms with Gasteiger partial charge in [-0.1, -0.05) is 38.8 Å². The molecular weight excluding hydrogens is 362 g/mol. The first-order valence-electron chi connectivity index (χ1n) is 5.91. The highest BCUT2D eigenvalue weighted by Crippen LogP contribution is 2.27. The van der Waals surface area contributed by atoms with Crippen LogP contribution in [0.4, 0.5) is 0 Å². The summed E-state index contributed by atoms with van der Waals surface area (Å²) < 4.78 is 1.74. The Kier molecular flexibility index (Phi) is 4.45. The van der Waals surface area contributed by atoms with E-state index in [0.717, 1.165) is 21.9 Å². The molecule has 2 rings (SSSR count). The number of likely N-dealkylation sites (tertiary alicyclic amines) is 1. The van der Waals surface area contributed by atoms with E-state index in [1.54, 1.807) is 4.90 Å². The van der Waals surface area contributed by atoms with Crippen molar-refractivity contribution in [2.75, 3.05) is 13.2 Å². The van der Waals surface area contributed by atoms with Gasteiger partial charge in [0.2, 0.25) is 0 Å². The normalized spacial score (nSPS) is 23.4. The van der Waals surface area contributed by atoms with Gasteiger partial charge >= 0.3 is 0 Å². The molecule has 18 heavy (non-hydrogen) atoms. The third-order valence-electron chi connectivity index (χ3n) is 3.44. The van der Waals surface area contributed by atoms with Gasteiger partial charge in [-0.05, 0) is 30.5 Å². The molecule has 1 aromatic rings. The Labute approximate surface area is 123 Å². The van der Waals surface area contributed by atoms with Crippen molar-refractivity contribution in [1.29, 1.82) is 0 Å². The van der Waals surface area contributed by atoms with Gasteiger partial charge < -0.3 is 10.0 Å². The Morgan fingerprint density at radius 3 is 2.56 bits per heavy atom. The molecule has 0 saturated carbocycles. The van der Waals surface area contributed by atoms with Gasteiger partial charge in [-0.15, -0.1) is 0 Å². The van der Waals surface area contributed by atoms with E-state index in [4.69, 9.17) is 0 Å². The third kappa shape index (κ3) is 2.78. The van der Waals surface area contributed by atoms with Gasteiger partial charge in [0, 0.05) is 21.1 Å². The van der Waals surface area contributed by atoms with Gasteiger partial charge in [-0.3, -0.25) is 4.79 Å². The maximum Gasteiger partial charge on any atom is 0.254 e. The van der Waals surface area contributed by atoms with Crippen LogP contribution in [-0.2, 0) is 0 Å². The highest BCUT2D eigenvalue weighted by atomic mass is 79.9. The van der Waals surface area contributed by atoms with Crippen LogP contribution < -0.4 is 0 Å². The monoisotopic (exact) mass is 375 g/mol. The number of hydrogen-bond donors (Lipinski definition) is 1. The number of nitrogens with zero attached hydrogens (tertiary/aromatic N) is 1. The summed E-state index contributed by atoms with van der Waals surface area (Å²) in [6.07, 6.45) is 0.951. The molecule has 1 saturated heterocycles. The van der Waals surface area contributed by atoms with Crippen LogP contribution in [0.1, 0.15) is 23.7 Å². The van der Waals surface area contributed by atoms with Crippen molar-refractivity contribution in [3.8, 4) is 0 Å². The van der Waals surface area contributed by atoms with E-state index in [1.807, 2.05) is 18.2 Å². The predicted molar refractivity (Wildman–Crippen MR) is 77.5 cm³/mol. The molecule has 98 valence electrons. The zero-order valence-electron chi connectivity index (χ0n) is 10.1. The summed E-state index contributed by atoms with van der Waals surface area (Å²) in [5.41, 5.74) is 0.642. The quantitative estimate of drug-likeness (QED) is 0.861. The Hall–Kier alpha value is -0.390. The summed E-state index contributed by atoms with van der Waals surface area (Å²) in [5, 5.41) is 9.40. The minimum absolute atomic E-state index is 0.0135. The number of carbonyl (C=O) groups excluding carboxylic acids is 1. The fourth-order valence-electron chi connectivity index (χ4n) is 2.38. The second kappa shape index (κ2) is 5.72. The lowest BCUT2D eigenvalue weighted by atomic mass is 10.0. The fraction of sp³-hybridized carbons (Fsp3) is 0.462. The van der Waals surface area contributed by atoms with Crippen LogP contribution in [0.5, 0.6) is 0 Å². The summed E-state index contributed by atoms with van der Waals surface area (Å²) in [4.78, 5) is 14.2. The van der Waals surface area contributed by atoms with Crippen LogP contribution in [0.25, 0.3) is 0 Å². The van der Waals surface area contributed by atoms with Crippen molar-refractivity contribution in [2.45, 2.75) is 19.4 Å². The number of aliphatic hydroxyl groups is 1. The Balaban J connectivity index is 2.25. The predicted octanol–water partition coefficient (Wildman–Crippen LogP) is 3.05. The lowest BCUT2D eigenvalue weighted by molar-refractivity contribution is 0.0648. The molecule has 2 atom stereocenters. The van der Waals surface area contributed by atoms with E-state index in [9.17, 15) is 9.90 Å². The van der Waals surface area contributed by atoms with Crippen LogP contribution >= 0.6 is 31.9 Å². The fourth-order valence-corrected chi connectivity index (χ4v) is 3.68. The first-order valence-corrected chi connectivity index (χ1v) is 7.49. The number of hydrogen-bond acceptors (Lipinski definition) is 2. The van der Waals surface area contributed by atoms with Crippen LogP contribution in [0.2, 0.25) is 0 Å². The smallest absolute Gasteiger partial charge is 0.254 e. The standard InChI is InChI=1S/C13H15Br2NO2/c1-8-2-3-16(12(8)7-17)13(18)9-4-10(14)6-11(15)5-9/h4-6,8,12,17H,2-3,7H2,1H3. The number of halogens is 2. The number of carbonyl (C=O) groups is 1. The lowest BCUT2D eigenvalue weighted by Gasteiger charge is -2.25. The highest BCUT2D eigenvalue weighted by Gasteiger charge is 2.34. The first-order chi connectivity index (χ1) is 8.52. The second-order valence-corrected chi connectivity index (χ2v) is 6.50. The molecule has 0 aliphatic carbocycles. The third-order valence-corrected chi connectivity index (χ3v) is 4.36. The zero-order valence-corrected chi connectivity index (χ0v) is 13.2. The van der Waals surface area contributed by atoms with Crippen molar-refractivity contribution < 1.29 is 9.90 Å². The maximum absolute atomic E-state index is 12.4. The highest BCUT2D eigenvalue weighted by molar-refractivity contribution is 9.11. The minimum atomic E-state index is -0.0599. The number of aliphatic hydroxyl groups excluding tert-OH is 1. The summed E-state index contributed by atoms with van der Waals surface area (Å²) in [5.74, 6) is 0.343. The van der Waals surface area contributed by atoms with Crippen molar-refractivity contribution in [3.63, 3.8) is 0 Å². The van der Waals surface area contributed by atoms with E-state index in [0.29, 0.717) is 11.5 Å². The van der Waals surface area contributed by atoms with Gasteiger partial charge in [-0.2, -0.15) is 0 Å². The van der Waals surface area contributed by atoms with E-state index in [1.165, 1.54) is 0 Å².